The number of hydrogen-bond donors (Lipinski definition) is 4. The number of carbonyl (C=O) groups is 1. The number of carboxylic acids is 1. The van der Waals surface area contributed by atoms with Gasteiger partial charge in [-0.2, -0.15) is 0 Å². The molecular weight excluding hydrogens is 2200 g/mol. The topological polar surface area (TPSA) is 227 Å². The molecule has 0 fully saturated rings. The molecule has 4 radical (unpaired) electrons. The van der Waals surface area contributed by atoms with Crippen LogP contribution in [0.3, 0.4) is 0 Å². The molecule has 12 aromatic carbocycles. The van der Waals surface area contributed by atoms with E-state index in [1.165, 1.54) is 116 Å². The van der Waals surface area contributed by atoms with Crippen LogP contribution < -0.4 is 0 Å². The number of aliphatic hydroxyl groups is 3. The zero-order chi connectivity index (χ0) is 82.8. The number of aryl methyl sites for hydroxylation is 1. The van der Waals surface area contributed by atoms with E-state index in [1.807, 2.05) is 99.6 Å². The van der Waals surface area contributed by atoms with Gasteiger partial charge < -0.3 is 20.4 Å². The summed E-state index contributed by atoms with van der Waals surface area (Å²) in [7, 11) is 0. The maximum Gasteiger partial charge on any atom is 0.354 e. The molecule has 17 aromatic rings. The van der Waals surface area contributed by atoms with Gasteiger partial charge in [-0.15, -0.1) is 143 Å². The molecule has 0 aliphatic carbocycles. The molecule has 0 bridgehead atoms. The maximum absolute atomic E-state index is 10.1. The Bertz CT molecular complexity index is 6050. The molecule has 0 aliphatic rings. The van der Waals surface area contributed by atoms with E-state index in [1.54, 1.807) is 32.9 Å². The second-order valence-corrected chi connectivity index (χ2v) is 28.4. The largest absolute Gasteiger partial charge is 0.512 e. The van der Waals surface area contributed by atoms with Crippen LogP contribution in [0.15, 0.2) is 344 Å². The molecule has 120 heavy (non-hydrogen) atoms. The van der Waals surface area contributed by atoms with Crippen molar-refractivity contribution < 1.29 is 120 Å². The van der Waals surface area contributed by atoms with Crippen molar-refractivity contribution in [3.8, 4) is 45.0 Å². The monoisotopic (exact) mass is 2300 g/mol. The number of aliphatic hydroxyl groups excluding tert-OH is 3. The molecule has 0 unspecified atom stereocenters. The number of allylic oxidation sites excluding steroid dienone is 6. The molecule has 7 N–H and O–H groups in total. The molecule has 5 heterocycles. The predicted octanol–water partition coefficient (Wildman–Crippen LogP) is 25.3. The Kier molecular flexibility index (Phi) is 38.1. The van der Waals surface area contributed by atoms with Crippen LogP contribution in [0.2, 0.25) is 0 Å². The number of fused-ring (bicyclic) bond motifs is 12. The second kappa shape index (κ2) is 47.1. The Morgan fingerprint density at radius 3 is 0.883 bits per heavy atom. The minimum absolute atomic E-state index is 0. The summed E-state index contributed by atoms with van der Waals surface area (Å²) in [6.45, 7) is 18.8. The van der Waals surface area contributed by atoms with Crippen molar-refractivity contribution in [1.29, 1.82) is 0 Å². The zero-order valence-corrected chi connectivity index (χ0v) is 77.7. The third kappa shape index (κ3) is 27.1. The van der Waals surface area contributed by atoms with Crippen LogP contribution in [0.1, 0.15) is 85.3 Å². The van der Waals surface area contributed by atoms with Gasteiger partial charge in [-0.1, -0.05) is 204 Å². The van der Waals surface area contributed by atoms with Crippen molar-refractivity contribution in [3.63, 3.8) is 0 Å². The number of hydrogen-bond acceptors (Lipinski definition) is 9. The van der Waals surface area contributed by atoms with Gasteiger partial charge in [0.1, 0.15) is 17.2 Å². The first kappa shape index (κ1) is 97.0. The number of benzene rings is 12. The first-order valence-electron chi connectivity index (χ1n) is 37.7. The Morgan fingerprint density at radius 1 is 0.350 bits per heavy atom. The molecule has 0 amide bonds. The molecule has 0 spiro atoms. The van der Waals surface area contributed by atoms with E-state index in [9.17, 15) is 9.90 Å². The van der Waals surface area contributed by atoms with Gasteiger partial charge in [0.25, 0.3) is 0 Å². The van der Waals surface area contributed by atoms with Gasteiger partial charge in [0.05, 0.1) is 65.8 Å². The Labute approximate surface area is 754 Å². The Hall–Kier alpha value is -11.8. The fraction of sp³-hybridized carbons (Fsp3) is 0.117. The van der Waals surface area contributed by atoms with Crippen molar-refractivity contribution in [3.05, 3.63) is 380 Å². The standard InChI is InChI=1S/C20H14N.3C19H12N.C9H16O2.C6H5NO2.C6H10O2.C5H8O2.4Ir/c1-14-6-8-16(9-7-14)19-13-11-18-17-5-3-2-4-15(17)10-12-20(18)21-19;3*1-2-7-15(8-3-1)18-13-11-17-16-9-5-4-6-14(16)10-12-19(17)20-18;1-6(7(2)10)8(11)9(3,4)5;8-6(9)5-3-1-2-4-7-5;1-4(5(2)7)6(3)8;1-4(6)3-5(2)7;;;;/h2-8,10-13H,1H3;3*1-7,9-13H;11H,1-5H3;1-4H,(H,8,9);7H,1-3H3;3,6H,1-2H3;;;;/q4*-1;;;;;;;;/p+3. The van der Waals surface area contributed by atoms with Crippen LogP contribution in [-0.4, -0.2) is 83.0 Å². The van der Waals surface area contributed by atoms with Gasteiger partial charge in [-0.3, -0.25) is 34.3 Å². The van der Waals surface area contributed by atoms with Gasteiger partial charge in [0.15, 0.2) is 0 Å². The van der Waals surface area contributed by atoms with Crippen molar-refractivity contribution in [2.75, 3.05) is 0 Å². The third-order valence-corrected chi connectivity index (χ3v) is 18.6. The maximum atomic E-state index is 10.1. The first-order valence-corrected chi connectivity index (χ1v) is 37.7. The fourth-order valence-electron chi connectivity index (χ4n) is 12.3. The number of carboxylic acid groups (broad SMARTS) is 1. The summed E-state index contributed by atoms with van der Waals surface area (Å²) in [5.41, 5.74) is 14.2. The zero-order valence-electron chi connectivity index (χ0n) is 68.1. The summed E-state index contributed by atoms with van der Waals surface area (Å²) in [4.78, 5) is 59.0. The predicted molar refractivity (Wildman–Crippen MR) is 480 cm³/mol. The minimum Gasteiger partial charge on any atom is -0.512 e. The number of carbonyl (C=O) groups excluding carboxylic acids is 3. The normalized spacial score (nSPS) is 10.9. The summed E-state index contributed by atoms with van der Waals surface area (Å²) in [6.07, 6.45) is 2.73. The van der Waals surface area contributed by atoms with E-state index in [4.69, 9.17) is 49.6 Å². The van der Waals surface area contributed by atoms with Crippen LogP contribution in [-0.2, 0) is 80.4 Å². The number of aromatic nitrogens is 5. The molecular formula is C103H92Ir4N5O8-. The summed E-state index contributed by atoms with van der Waals surface area (Å²) in [6, 6.07) is 115. The number of ketones is 3. The molecule has 0 atom stereocenters. The van der Waals surface area contributed by atoms with Crippen LogP contribution in [0.25, 0.3) is 132 Å². The van der Waals surface area contributed by atoms with E-state index >= 15 is 0 Å². The van der Waals surface area contributed by atoms with Crippen molar-refractivity contribution >= 4 is 110 Å². The summed E-state index contributed by atoms with van der Waals surface area (Å²) < 4.78 is 0. The van der Waals surface area contributed by atoms with E-state index in [-0.39, 0.29) is 126 Å². The van der Waals surface area contributed by atoms with Gasteiger partial charge in [-0.05, 0) is 130 Å². The van der Waals surface area contributed by atoms with E-state index in [0.29, 0.717) is 11.1 Å². The molecule has 13 nitrogen and oxygen atoms in total. The third-order valence-electron chi connectivity index (χ3n) is 18.6. The smallest absolute Gasteiger partial charge is 0.354 e. The van der Waals surface area contributed by atoms with Crippen LogP contribution in [0.5, 0.6) is 0 Å². The number of aromatic carboxylic acids is 1. The van der Waals surface area contributed by atoms with Crippen LogP contribution in [0.4, 0.5) is 0 Å². The Balaban J connectivity index is 0.000000218. The van der Waals surface area contributed by atoms with Crippen LogP contribution in [0, 0.1) is 36.6 Å². The molecule has 17 heteroatoms. The molecule has 0 aliphatic heterocycles. The first-order chi connectivity index (χ1) is 55.8. The number of pyridine rings is 5. The molecule has 0 saturated heterocycles. The van der Waals surface area contributed by atoms with Crippen molar-refractivity contribution in [2.45, 2.75) is 76.2 Å². The minimum atomic E-state index is -0.990. The second-order valence-electron chi connectivity index (χ2n) is 28.4. The molecule has 614 valence electrons. The van der Waals surface area contributed by atoms with Crippen molar-refractivity contribution in [2.24, 2.45) is 5.41 Å². The van der Waals surface area contributed by atoms with E-state index < -0.39 is 5.97 Å². The number of nitrogens with zero attached hydrogens (tertiary/aromatic N) is 5. The summed E-state index contributed by atoms with van der Waals surface area (Å²) >= 11 is 0. The van der Waals surface area contributed by atoms with E-state index in [0.717, 1.165) is 67.1 Å². The molecule has 0 saturated carbocycles. The quantitative estimate of drug-likeness (QED) is 0.0370. The van der Waals surface area contributed by atoms with Gasteiger partial charge >= 0.3 is 23.3 Å². The fourth-order valence-corrected chi connectivity index (χ4v) is 12.3. The van der Waals surface area contributed by atoms with Crippen LogP contribution >= 0.6 is 0 Å². The summed E-state index contributed by atoms with van der Waals surface area (Å²) in [5.74, 6) is 0.0283. The average Bonchev–Trinajstić information content (AvgIpc) is 0.799. The van der Waals surface area contributed by atoms with Crippen molar-refractivity contribution in [1.82, 2.24) is 24.9 Å². The molecule has 17 rings (SSSR count). The average molecular weight is 2300 g/mol. The SMILES string of the molecule is CC(=[OH+])C(C)=C(C)O.CC(=[OH+])C(C)=C(O)C(C)(C)C.CC(=[OH+])C=C(C)O.Cc1c[c-]c(-c2ccc3c(ccc4ccccc43)n2)cc1.O=C(O)c1ccccn1.[Ir].[Ir].[Ir].[Ir].[c-]1ccccc1-c1ccc2c(ccc3ccccc32)n1.[c-]1ccccc1-c1ccc2c(ccc3ccccc32)n1.[c-]1ccccc1-c1ccc2c(ccc3ccccc32)n1. The van der Waals surface area contributed by atoms with Gasteiger partial charge in [0.2, 0.25) is 0 Å². The van der Waals surface area contributed by atoms with Gasteiger partial charge in [-0.25, -0.2) is 9.78 Å². The van der Waals surface area contributed by atoms with Gasteiger partial charge in [0, 0.05) is 114 Å². The number of rotatable bonds is 8. The van der Waals surface area contributed by atoms with E-state index in [2.05, 4.69) is 242 Å². The Morgan fingerprint density at radius 2 is 0.667 bits per heavy atom. The summed E-state index contributed by atoms with van der Waals surface area (Å²) in [5, 5.41) is 49.7. The molecule has 5 aromatic heterocycles.